The molecule has 1 aliphatic carbocycles. The number of imidazole rings is 1. The van der Waals surface area contributed by atoms with Gasteiger partial charge in [-0.3, -0.25) is 10.1 Å². The molecule has 112 valence electrons. The molecule has 0 amide bonds. The van der Waals surface area contributed by atoms with Crippen LogP contribution in [0.25, 0.3) is 11.0 Å². The van der Waals surface area contributed by atoms with Gasteiger partial charge in [0.2, 0.25) is 5.95 Å². The van der Waals surface area contributed by atoms with Crippen LogP contribution in [0.5, 0.6) is 0 Å². The monoisotopic (exact) mass is 288 g/mol. The fourth-order valence-corrected chi connectivity index (χ4v) is 3.07. The van der Waals surface area contributed by atoms with E-state index in [9.17, 15) is 10.1 Å². The summed E-state index contributed by atoms with van der Waals surface area (Å²) in [6.45, 7) is 0.895. The second-order valence-corrected chi connectivity index (χ2v) is 5.76. The van der Waals surface area contributed by atoms with E-state index in [-0.39, 0.29) is 5.69 Å². The Morgan fingerprint density at radius 3 is 2.90 bits per heavy atom. The van der Waals surface area contributed by atoms with Crippen molar-refractivity contribution < 1.29 is 4.92 Å². The van der Waals surface area contributed by atoms with Crippen molar-refractivity contribution in [1.82, 2.24) is 9.97 Å². The maximum atomic E-state index is 10.8. The van der Waals surface area contributed by atoms with Crippen molar-refractivity contribution in [1.29, 1.82) is 0 Å². The van der Waals surface area contributed by atoms with Gasteiger partial charge < -0.3 is 10.3 Å². The van der Waals surface area contributed by atoms with E-state index >= 15 is 0 Å². The van der Waals surface area contributed by atoms with Crippen LogP contribution in [0.1, 0.15) is 38.5 Å². The SMILES string of the molecule is O=[N+]([O-])c1ccc2nc(NCCC3CCCCC3)[nH]c2c1. The number of nitro groups is 1. The van der Waals surface area contributed by atoms with Gasteiger partial charge in [0.25, 0.3) is 5.69 Å². The summed E-state index contributed by atoms with van der Waals surface area (Å²) in [4.78, 5) is 17.9. The second-order valence-electron chi connectivity index (χ2n) is 5.76. The zero-order valence-corrected chi connectivity index (χ0v) is 12.0. The van der Waals surface area contributed by atoms with Crippen molar-refractivity contribution >= 4 is 22.7 Å². The summed E-state index contributed by atoms with van der Waals surface area (Å²) in [5, 5.41) is 14.0. The molecule has 0 spiro atoms. The fourth-order valence-electron chi connectivity index (χ4n) is 3.07. The standard InChI is InChI=1S/C15H20N4O2/c20-19(21)12-6-7-13-14(10-12)18-15(17-13)16-9-8-11-4-2-1-3-5-11/h6-7,10-11H,1-5,8-9H2,(H2,16,17,18). The van der Waals surface area contributed by atoms with Crippen LogP contribution in [0, 0.1) is 16.0 Å². The number of aromatic nitrogens is 2. The number of aromatic amines is 1. The van der Waals surface area contributed by atoms with Crippen molar-refractivity contribution in [2.75, 3.05) is 11.9 Å². The molecule has 1 heterocycles. The van der Waals surface area contributed by atoms with Gasteiger partial charge in [-0.05, 0) is 18.4 Å². The van der Waals surface area contributed by atoms with Gasteiger partial charge in [0.1, 0.15) is 0 Å². The topological polar surface area (TPSA) is 83.8 Å². The molecule has 1 saturated carbocycles. The molecule has 0 saturated heterocycles. The van der Waals surface area contributed by atoms with E-state index in [1.54, 1.807) is 6.07 Å². The highest BCUT2D eigenvalue weighted by Crippen LogP contribution is 2.26. The van der Waals surface area contributed by atoms with Crippen LogP contribution in [0.2, 0.25) is 0 Å². The molecule has 21 heavy (non-hydrogen) atoms. The Kier molecular flexibility index (Phi) is 4.03. The number of rotatable bonds is 5. The summed E-state index contributed by atoms with van der Waals surface area (Å²) in [7, 11) is 0. The number of H-pyrrole nitrogens is 1. The van der Waals surface area contributed by atoms with Crippen molar-refractivity contribution in [3.63, 3.8) is 0 Å². The molecule has 3 rings (SSSR count). The number of nitrogens with one attached hydrogen (secondary N) is 2. The second kappa shape index (κ2) is 6.11. The first-order valence-corrected chi connectivity index (χ1v) is 7.60. The maximum absolute atomic E-state index is 10.8. The first-order chi connectivity index (χ1) is 10.2. The number of hydrogen-bond donors (Lipinski definition) is 2. The third-order valence-electron chi connectivity index (χ3n) is 4.25. The molecule has 0 atom stereocenters. The Morgan fingerprint density at radius 2 is 2.14 bits per heavy atom. The normalized spacial score (nSPS) is 16.2. The van der Waals surface area contributed by atoms with Crippen molar-refractivity contribution in [3.8, 4) is 0 Å². The lowest BCUT2D eigenvalue weighted by Gasteiger charge is -2.21. The van der Waals surface area contributed by atoms with Gasteiger partial charge in [-0.25, -0.2) is 4.98 Å². The zero-order valence-electron chi connectivity index (χ0n) is 12.0. The molecule has 1 aliphatic rings. The van der Waals surface area contributed by atoms with E-state index in [0.29, 0.717) is 11.5 Å². The number of non-ortho nitro benzene ring substituents is 1. The average Bonchev–Trinajstić information content (AvgIpc) is 2.90. The summed E-state index contributed by atoms with van der Waals surface area (Å²) in [5.41, 5.74) is 1.53. The van der Waals surface area contributed by atoms with Crippen LogP contribution < -0.4 is 5.32 Å². The van der Waals surface area contributed by atoms with Gasteiger partial charge >= 0.3 is 0 Å². The summed E-state index contributed by atoms with van der Waals surface area (Å²) >= 11 is 0. The molecule has 0 aliphatic heterocycles. The van der Waals surface area contributed by atoms with Crippen molar-refractivity contribution in [3.05, 3.63) is 28.3 Å². The molecule has 6 heteroatoms. The third-order valence-corrected chi connectivity index (χ3v) is 4.25. The van der Waals surface area contributed by atoms with Crippen molar-refractivity contribution in [2.24, 2.45) is 5.92 Å². The molecule has 0 radical (unpaired) electrons. The molecular weight excluding hydrogens is 268 g/mol. The Hall–Kier alpha value is -2.11. The number of hydrogen-bond acceptors (Lipinski definition) is 4. The zero-order chi connectivity index (χ0) is 14.7. The van der Waals surface area contributed by atoms with E-state index < -0.39 is 4.92 Å². The molecule has 6 nitrogen and oxygen atoms in total. The van der Waals surface area contributed by atoms with Crippen LogP contribution >= 0.6 is 0 Å². The summed E-state index contributed by atoms with van der Waals surface area (Å²) in [6, 6.07) is 4.68. The minimum absolute atomic E-state index is 0.0832. The number of fused-ring (bicyclic) bond motifs is 1. The third kappa shape index (κ3) is 3.32. The Balaban J connectivity index is 1.60. The van der Waals surface area contributed by atoms with Gasteiger partial charge in [-0.2, -0.15) is 0 Å². The molecule has 2 N–H and O–H groups in total. The molecule has 0 bridgehead atoms. The number of anilines is 1. The van der Waals surface area contributed by atoms with Gasteiger partial charge in [-0.15, -0.1) is 0 Å². The Morgan fingerprint density at radius 1 is 1.33 bits per heavy atom. The van der Waals surface area contributed by atoms with Crippen LogP contribution in [0.3, 0.4) is 0 Å². The van der Waals surface area contributed by atoms with E-state index in [2.05, 4.69) is 15.3 Å². The van der Waals surface area contributed by atoms with Gasteiger partial charge in [0, 0.05) is 18.7 Å². The van der Waals surface area contributed by atoms with Gasteiger partial charge in [-0.1, -0.05) is 32.1 Å². The molecule has 0 unspecified atom stereocenters. The summed E-state index contributed by atoms with van der Waals surface area (Å²) < 4.78 is 0. The molecule has 2 aromatic rings. The maximum Gasteiger partial charge on any atom is 0.271 e. The van der Waals surface area contributed by atoms with Gasteiger partial charge in [0.15, 0.2) is 0 Å². The lowest BCUT2D eigenvalue weighted by atomic mass is 9.87. The minimum atomic E-state index is -0.392. The quantitative estimate of drug-likeness (QED) is 0.646. The average molecular weight is 288 g/mol. The Labute approximate surface area is 123 Å². The molecule has 1 aromatic heterocycles. The molecule has 1 fully saturated rings. The first kappa shape index (κ1) is 13.9. The van der Waals surface area contributed by atoms with E-state index in [4.69, 9.17) is 0 Å². The van der Waals surface area contributed by atoms with E-state index in [1.807, 2.05) is 0 Å². The van der Waals surface area contributed by atoms with Crippen LogP contribution in [-0.4, -0.2) is 21.4 Å². The van der Waals surface area contributed by atoms with Crippen molar-refractivity contribution in [2.45, 2.75) is 38.5 Å². The molecule has 1 aromatic carbocycles. The Bertz CT molecular complexity index is 632. The fraction of sp³-hybridized carbons (Fsp3) is 0.533. The predicted molar refractivity (Wildman–Crippen MR) is 82.4 cm³/mol. The van der Waals surface area contributed by atoms with Gasteiger partial charge in [0.05, 0.1) is 16.0 Å². The lowest BCUT2D eigenvalue weighted by Crippen LogP contribution is -2.12. The summed E-state index contributed by atoms with van der Waals surface area (Å²) in [5.74, 6) is 1.53. The first-order valence-electron chi connectivity index (χ1n) is 7.60. The summed E-state index contributed by atoms with van der Waals surface area (Å²) in [6.07, 6.45) is 7.95. The number of benzene rings is 1. The highest BCUT2D eigenvalue weighted by atomic mass is 16.6. The minimum Gasteiger partial charge on any atom is -0.356 e. The van der Waals surface area contributed by atoms with Crippen LogP contribution in [0.4, 0.5) is 11.6 Å². The number of nitrogens with zero attached hydrogens (tertiary/aromatic N) is 2. The largest absolute Gasteiger partial charge is 0.356 e. The van der Waals surface area contributed by atoms with Crippen LogP contribution in [0.15, 0.2) is 18.2 Å². The van der Waals surface area contributed by atoms with E-state index in [0.717, 1.165) is 24.4 Å². The predicted octanol–water partition coefficient (Wildman–Crippen LogP) is 3.85. The van der Waals surface area contributed by atoms with E-state index in [1.165, 1.54) is 44.2 Å². The van der Waals surface area contributed by atoms with Crippen LogP contribution in [-0.2, 0) is 0 Å². The highest BCUT2D eigenvalue weighted by Gasteiger charge is 2.13. The molecular formula is C15H20N4O2. The highest BCUT2D eigenvalue weighted by molar-refractivity contribution is 5.79. The number of nitro benzene ring substituents is 1. The lowest BCUT2D eigenvalue weighted by molar-refractivity contribution is -0.384. The smallest absolute Gasteiger partial charge is 0.271 e.